The molecule has 6 nitrogen and oxygen atoms in total. The van der Waals surface area contributed by atoms with Crippen LogP contribution in [0.2, 0.25) is 0 Å². The van der Waals surface area contributed by atoms with Crippen molar-refractivity contribution in [2.75, 3.05) is 6.61 Å². The molecule has 1 aromatic rings. The molecule has 0 saturated carbocycles. The van der Waals surface area contributed by atoms with Crippen LogP contribution in [0.1, 0.15) is 16.1 Å². The first-order chi connectivity index (χ1) is 8.78. The van der Waals surface area contributed by atoms with Crippen molar-refractivity contribution in [3.63, 3.8) is 0 Å². The molecule has 0 aliphatic rings. The minimum Gasteiger partial charge on any atom is -0.477 e. The molecular formula is C10H9F3N2O4. The number of aromatic nitrogens is 1. The van der Waals surface area contributed by atoms with Gasteiger partial charge in [0.25, 0.3) is 0 Å². The largest absolute Gasteiger partial charge is 0.477 e. The van der Waals surface area contributed by atoms with Gasteiger partial charge in [-0.2, -0.15) is 13.2 Å². The topological polar surface area (TPSA) is 88.5 Å². The third kappa shape index (κ3) is 5.70. The Balaban J connectivity index is 2.40. The summed E-state index contributed by atoms with van der Waals surface area (Å²) >= 11 is 0. The second-order valence-corrected chi connectivity index (χ2v) is 3.40. The third-order valence-corrected chi connectivity index (χ3v) is 1.85. The third-order valence-electron chi connectivity index (χ3n) is 1.85. The van der Waals surface area contributed by atoms with E-state index in [4.69, 9.17) is 5.11 Å². The number of ether oxygens (including phenoxy) is 1. The molecule has 0 atom stereocenters. The van der Waals surface area contributed by atoms with E-state index in [9.17, 15) is 22.8 Å². The van der Waals surface area contributed by atoms with Gasteiger partial charge in [0.05, 0.1) is 0 Å². The lowest BCUT2D eigenvalue weighted by Crippen LogP contribution is -2.28. The van der Waals surface area contributed by atoms with Gasteiger partial charge in [-0.15, -0.1) is 0 Å². The number of carbonyl (C=O) groups excluding carboxylic acids is 1. The molecule has 2 N–H and O–H groups in total. The number of nitrogens with zero attached hydrogens (tertiary/aromatic N) is 1. The van der Waals surface area contributed by atoms with Crippen molar-refractivity contribution in [3.8, 4) is 0 Å². The number of rotatable bonds is 4. The lowest BCUT2D eigenvalue weighted by atomic mass is 10.2. The quantitative estimate of drug-likeness (QED) is 0.872. The summed E-state index contributed by atoms with van der Waals surface area (Å²) in [5, 5.41) is 10.7. The zero-order valence-electron chi connectivity index (χ0n) is 9.40. The van der Waals surface area contributed by atoms with Crippen LogP contribution in [0, 0.1) is 0 Å². The predicted molar refractivity (Wildman–Crippen MR) is 55.4 cm³/mol. The van der Waals surface area contributed by atoms with Gasteiger partial charge in [0.2, 0.25) is 0 Å². The summed E-state index contributed by atoms with van der Waals surface area (Å²) in [4.78, 5) is 25.0. The van der Waals surface area contributed by atoms with E-state index in [1.165, 1.54) is 18.3 Å². The molecule has 0 unspecified atom stereocenters. The minimum absolute atomic E-state index is 0.121. The summed E-state index contributed by atoms with van der Waals surface area (Å²) in [6, 6.07) is 2.58. The zero-order valence-corrected chi connectivity index (χ0v) is 9.40. The second kappa shape index (κ2) is 6.03. The molecule has 104 valence electrons. The molecule has 0 saturated heterocycles. The van der Waals surface area contributed by atoms with E-state index in [1.54, 1.807) is 0 Å². The lowest BCUT2D eigenvalue weighted by Gasteiger charge is -2.09. The highest BCUT2D eigenvalue weighted by Crippen LogP contribution is 2.14. The van der Waals surface area contributed by atoms with Crippen molar-refractivity contribution < 1.29 is 32.6 Å². The number of hydrogen-bond donors (Lipinski definition) is 2. The van der Waals surface area contributed by atoms with Crippen molar-refractivity contribution in [2.45, 2.75) is 12.7 Å². The van der Waals surface area contributed by atoms with Crippen LogP contribution in [0.25, 0.3) is 0 Å². The van der Waals surface area contributed by atoms with E-state index in [2.05, 4.69) is 15.0 Å². The number of halogens is 3. The van der Waals surface area contributed by atoms with Crippen molar-refractivity contribution in [1.82, 2.24) is 10.3 Å². The number of pyridine rings is 1. The van der Waals surface area contributed by atoms with Gasteiger partial charge in [0.1, 0.15) is 5.69 Å². The molecule has 0 aliphatic heterocycles. The Morgan fingerprint density at radius 3 is 2.53 bits per heavy atom. The zero-order chi connectivity index (χ0) is 14.5. The average Bonchev–Trinajstić information content (AvgIpc) is 2.33. The van der Waals surface area contributed by atoms with E-state index >= 15 is 0 Å². The van der Waals surface area contributed by atoms with E-state index in [1.807, 2.05) is 0 Å². The molecule has 1 aromatic heterocycles. The maximum atomic E-state index is 11.7. The molecular weight excluding hydrogens is 269 g/mol. The molecule has 9 heteroatoms. The summed E-state index contributed by atoms with van der Waals surface area (Å²) < 4.78 is 39.1. The molecule has 0 aromatic carbocycles. The highest BCUT2D eigenvalue weighted by molar-refractivity contribution is 5.85. The lowest BCUT2D eigenvalue weighted by molar-refractivity contribution is -0.160. The van der Waals surface area contributed by atoms with Crippen molar-refractivity contribution in [3.05, 3.63) is 29.6 Å². The van der Waals surface area contributed by atoms with Gasteiger partial charge in [0.15, 0.2) is 6.61 Å². The molecule has 19 heavy (non-hydrogen) atoms. The summed E-state index contributed by atoms with van der Waals surface area (Å²) in [6.07, 6.45) is -4.62. The highest BCUT2D eigenvalue weighted by atomic mass is 19.4. The van der Waals surface area contributed by atoms with Crippen LogP contribution in [0.3, 0.4) is 0 Å². The summed E-state index contributed by atoms with van der Waals surface area (Å²) in [6.45, 7) is -1.79. The normalized spacial score (nSPS) is 10.9. The number of hydrogen-bond acceptors (Lipinski definition) is 4. The molecule has 1 heterocycles. The number of amides is 1. The molecule has 0 fully saturated rings. The van der Waals surface area contributed by atoms with Gasteiger partial charge in [-0.05, 0) is 11.6 Å². The number of alkyl carbamates (subject to hydrolysis) is 1. The Labute approximate surface area is 105 Å². The van der Waals surface area contributed by atoms with Crippen LogP contribution < -0.4 is 5.32 Å². The summed E-state index contributed by atoms with van der Waals surface area (Å²) in [5.41, 5.74) is 0.248. The van der Waals surface area contributed by atoms with E-state index < -0.39 is 24.8 Å². The monoisotopic (exact) mass is 278 g/mol. The Morgan fingerprint density at radius 2 is 2.05 bits per heavy atom. The molecule has 0 spiro atoms. The Hall–Kier alpha value is -2.32. The first kappa shape index (κ1) is 14.7. The Kier molecular flexibility index (Phi) is 4.67. The van der Waals surface area contributed by atoms with Gasteiger partial charge in [0, 0.05) is 12.7 Å². The summed E-state index contributed by atoms with van der Waals surface area (Å²) in [5.74, 6) is -1.20. The standard InChI is InChI=1S/C10H9F3N2O4/c11-10(12,13)5-19-9(18)15-4-6-1-2-7(8(16)17)14-3-6/h1-3H,4-5H2,(H,15,18)(H,16,17). The molecule has 0 aliphatic carbocycles. The van der Waals surface area contributed by atoms with E-state index in [-0.39, 0.29) is 12.2 Å². The number of carboxylic acids is 1. The number of aromatic carboxylic acids is 1. The van der Waals surface area contributed by atoms with Crippen LogP contribution in [0.5, 0.6) is 0 Å². The highest BCUT2D eigenvalue weighted by Gasteiger charge is 2.29. The van der Waals surface area contributed by atoms with Crippen molar-refractivity contribution >= 4 is 12.1 Å². The van der Waals surface area contributed by atoms with Gasteiger partial charge in [-0.25, -0.2) is 14.6 Å². The molecule has 0 radical (unpaired) electrons. The fraction of sp³-hybridized carbons (Fsp3) is 0.300. The number of carbonyl (C=O) groups is 2. The van der Waals surface area contributed by atoms with E-state index in [0.717, 1.165) is 0 Å². The van der Waals surface area contributed by atoms with Gasteiger partial charge in [-0.1, -0.05) is 6.07 Å². The molecule has 0 bridgehead atoms. The van der Waals surface area contributed by atoms with Crippen molar-refractivity contribution in [2.24, 2.45) is 0 Å². The number of carboxylic acid groups (broad SMARTS) is 1. The minimum atomic E-state index is -4.58. The molecule has 1 amide bonds. The number of alkyl halides is 3. The Morgan fingerprint density at radius 1 is 1.37 bits per heavy atom. The van der Waals surface area contributed by atoms with Gasteiger partial charge >= 0.3 is 18.2 Å². The second-order valence-electron chi connectivity index (χ2n) is 3.40. The van der Waals surface area contributed by atoms with Crippen LogP contribution in [-0.4, -0.2) is 34.9 Å². The van der Waals surface area contributed by atoms with Crippen molar-refractivity contribution in [1.29, 1.82) is 0 Å². The average molecular weight is 278 g/mol. The van der Waals surface area contributed by atoms with E-state index in [0.29, 0.717) is 5.56 Å². The number of nitrogens with one attached hydrogen (secondary N) is 1. The smallest absolute Gasteiger partial charge is 0.422 e. The fourth-order valence-electron chi connectivity index (χ4n) is 1.03. The predicted octanol–water partition coefficient (Wildman–Crippen LogP) is 1.57. The first-order valence-corrected chi connectivity index (χ1v) is 4.93. The fourth-order valence-corrected chi connectivity index (χ4v) is 1.03. The van der Waals surface area contributed by atoms with Gasteiger partial charge in [-0.3, -0.25) is 0 Å². The van der Waals surface area contributed by atoms with Crippen LogP contribution in [0.15, 0.2) is 18.3 Å². The summed E-state index contributed by atoms with van der Waals surface area (Å²) in [7, 11) is 0. The maximum Gasteiger partial charge on any atom is 0.422 e. The van der Waals surface area contributed by atoms with Crippen LogP contribution in [0.4, 0.5) is 18.0 Å². The SMILES string of the molecule is O=C(NCc1ccc(C(=O)O)nc1)OCC(F)(F)F. The van der Waals surface area contributed by atoms with Gasteiger partial charge < -0.3 is 15.2 Å². The molecule has 1 rings (SSSR count). The van der Waals surface area contributed by atoms with Crippen LogP contribution in [-0.2, 0) is 11.3 Å². The van der Waals surface area contributed by atoms with Crippen LogP contribution >= 0.6 is 0 Å². The first-order valence-electron chi connectivity index (χ1n) is 4.93. The Bertz CT molecular complexity index is 459. The maximum absolute atomic E-state index is 11.7.